The van der Waals surface area contributed by atoms with Gasteiger partial charge in [-0.3, -0.25) is 4.99 Å². The number of hydrogen-bond acceptors (Lipinski definition) is 4. The summed E-state index contributed by atoms with van der Waals surface area (Å²) >= 11 is 6.24. The van der Waals surface area contributed by atoms with Gasteiger partial charge in [0.15, 0.2) is 11.8 Å². The summed E-state index contributed by atoms with van der Waals surface area (Å²) in [5.74, 6) is 0.570. The zero-order valence-electron chi connectivity index (χ0n) is 18.1. The molecule has 0 bridgehead atoms. The molecule has 32 heavy (non-hydrogen) atoms. The van der Waals surface area contributed by atoms with E-state index < -0.39 is 30.0 Å². The first-order chi connectivity index (χ1) is 14.9. The third-order valence-electron chi connectivity index (χ3n) is 6.24. The second kappa shape index (κ2) is 8.08. The minimum Gasteiger partial charge on any atom is -0.493 e. The number of aliphatic imine (C=N–C) groups is 1. The van der Waals surface area contributed by atoms with Crippen LogP contribution in [0.2, 0.25) is 5.02 Å². The molecule has 9 heteroatoms. The van der Waals surface area contributed by atoms with E-state index in [-0.39, 0.29) is 6.23 Å². The van der Waals surface area contributed by atoms with Crippen molar-refractivity contribution in [3.63, 3.8) is 0 Å². The number of aromatic amines is 1. The number of benzene rings is 1. The second-order valence-corrected chi connectivity index (χ2v) is 9.64. The molecule has 0 spiro atoms. The molecule has 2 atom stereocenters. The fourth-order valence-electron chi connectivity index (χ4n) is 4.67. The molecule has 0 radical (unpaired) electrons. The lowest BCUT2D eigenvalue weighted by Gasteiger charge is -2.38. The molecule has 1 aromatic heterocycles. The molecule has 0 saturated carbocycles. The van der Waals surface area contributed by atoms with Crippen molar-refractivity contribution in [1.29, 1.82) is 0 Å². The Morgan fingerprint density at radius 2 is 2.03 bits per heavy atom. The molecule has 5 nitrogen and oxygen atoms in total. The first-order valence-corrected chi connectivity index (χ1v) is 10.8. The molecular formula is C23H26ClF3N2O3. The number of nitrogens with one attached hydrogen (secondary N) is 1. The highest BCUT2D eigenvalue weighted by Gasteiger charge is 2.56. The summed E-state index contributed by atoms with van der Waals surface area (Å²) < 4.78 is 53.6. The van der Waals surface area contributed by atoms with E-state index >= 15 is 0 Å². The first kappa shape index (κ1) is 23.1. The molecular weight excluding hydrogens is 445 g/mol. The molecule has 2 aromatic rings. The summed E-state index contributed by atoms with van der Waals surface area (Å²) in [6, 6.07) is 5.02. The van der Waals surface area contributed by atoms with Crippen molar-refractivity contribution in [2.24, 2.45) is 4.99 Å². The van der Waals surface area contributed by atoms with E-state index in [9.17, 15) is 18.3 Å². The number of aliphatic hydroxyl groups is 1. The number of aromatic nitrogens is 1. The van der Waals surface area contributed by atoms with E-state index in [1.165, 1.54) is 7.11 Å². The molecule has 2 aliphatic heterocycles. The van der Waals surface area contributed by atoms with Crippen LogP contribution in [0.4, 0.5) is 13.2 Å². The van der Waals surface area contributed by atoms with Gasteiger partial charge in [-0.2, -0.15) is 13.2 Å². The van der Waals surface area contributed by atoms with Crippen molar-refractivity contribution in [3.05, 3.63) is 51.3 Å². The molecule has 0 amide bonds. The number of alkyl halides is 3. The van der Waals surface area contributed by atoms with Gasteiger partial charge in [0.1, 0.15) is 5.75 Å². The van der Waals surface area contributed by atoms with Crippen LogP contribution in [0.15, 0.2) is 23.2 Å². The molecule has 0 aliphatic carbocycles. The van der Waals surface area contributed by atoms with Crippen LogP contribution < -0.4 is 4.74 Å². The van der Waals surface area contributed by atoms with Gasteiger partial charge in [-0.15, -0.1) is 0 Å². The number of H-pyrrole nitrogens is 1. The summed E-state index contributed by atoms with van der Waals surface area (Å²) in [6.45, 7) is 3.81. The van der Waals surface area contributed by atoms with Crippen LogP contribution >= 0.6 is 11.6 Å². The predicted octanol–water partition coefficient (Wildman–Crippen LogP) is 4.75. The van der Waals surface area contributed by atoms with Gasteiger partial charge >= 0.3 is 6.18 Å². The van der Waals surface area contributed by atoms with Crippen LogP contribution in [-0.4, -0.2) is 48.0 Å². The van der Waals surface area contributed by atoms with Gasteiger partial charge in [-0.1, -0.05) is 25.4 Å². The van der Waals surface area contributed by atoms with E-state index in [1.807, 2.05) is 0 Å². The number of rotatable bonds is 6. The van der Waals surface area contributed by atoms with Gasteiger partial charge in [0, 0.05) is 60.1 Å². The normalized spacial score (nSPS) is 19.9. The van der Waals surface area contributed by atoms with Crippen LogP contribution in [0.25, 0.3) is 0 Å². The third kappa shape index (κ3) is 4.28. The average molecular weight is 471 g/mol. The molecule has 2 unspecified atom stereocenters. The van der Waals surface area contributed by atoms with Gasteiger partial charge in [-0.25, -0.2) is 0 Å². The Hall–Kier alpha value is -2.03. The van der Waals surface area contributed by atoms with E-state index in [1.54, 1.807) is 38.3 Å². The molecule has 174 valence electrons. The quantitative estimate of drug-likeness (QED) is 0.640. The number of methoxy groups -OCH3 is 1. The highest BCUT2D eigenvalue weighted by Crippen LogP contribution is 2.47. The molecule has 2 aliphatic rings. The Morgan fingerprint density at radius 3 is 2.72 bits per heavy atom. The van der Waals surface area contributed by atoms with Gasteiger partial charge in [0.2, 0.25) is 0 Å². The molecule has 3 heterocycles. The largest absolute Gasteiger partial charge is 0.493 e. The molecule has 2 N–H and O–H groups in total. The lowest BCUT2D eigenvalue weighted by molar-refractivity contribution is -0.266. The monoisotopic (exact) mass is 470 g/mol. The van der Waals surface area contributed by atoms with Crippen molar-refractivity contribution in [2.45, 2.75) is 63.0 Å². The maximum absolute atomic E-state index is 14.2. The van der Waals surface area contributed by atoms with Crippen molar-refractivity contribution >= 4 is 17.8 Å². The Labute approximate surface area is 189 Å². The Balaban J connectivity index is 1.65. The van der Waals surface area contributed by atoms with E-state index in [2.05, 4.69) is 9.98 Å². The number of nitrogens with zero attached hydrogens (tertiary/aromatic N) is 1. The number of fused-ring (bicyclic) bond motifs is 2. The maximum Gasteiger partial charge on any atom is 0.417 e. The minimum atomic E-state index is -4.85. The van der Waals surface area contributed by atoms with Gasteiger partial charge in [-0.05, 0) is 35.6 Å². The van der Waals surface area contributed by atoms with Crippen LogP contribution in [0.3, 0.4) is 0 Å². The fraction of sp³-hybridized carbons (Fsp3) is 0.522. The highest BCUT2D eigenvalue weighted by molar-refractivity contribution is 6.30. The zero-order chi connectivity index (χ0) is 23.3. The van der Waals surface area contributed by atoms with Crippen molar-refractivity contribution in [1.82, 2.24) is 4.98 Å². The van der Waals surface area contributed by atoms with Crippen LogP contribution in [0, 0.1) is 0 Å². The third-order valence-corrected chi connectivity index (χ3v) is 6.46. The fourth-order valence-corrected chi connectivity index (χ4v) is 4.91. The van der Waals surface area contributed by atoms with Gasteiger partial charge < -0.3 is 19.6 Å². The molecule has 0 saturated heterocycles. The standard InChI is InChI=1S/C23H26ClF3N2O3/c1-21(2,17-8-15(24)6-13-4-5-32-20(13)17)12-22(30,23(25,26)27)10-16-7-14-11-28-19(31-3)9-18(14)29-16/h6-8,11,19,29-30H,4-5,9-10,12H2,1-3H3. The Morgan fingerprint density at radius 1 is 1.28 bits per heavy atom. The van der Waals surface area contributed by atoms with Crippen molar-refractivity contribution < 1.29 is 27.8 Å². The van der Waals surface area contributed by atoms with E-state index in [0.29, 0.717) is 47.0 Å². The maximum atomic E-state index is 14.2. The average Bonchev–Trinajstić information content (AvgIpc) is 3.30. The minimum absolute atomic E-state index is 0.293. The summed E-state index contributed by atoms with van der Waals surface area (Å²) in [5.41, 5.74) is -0.832. The molecule has 0 fully saturated rings. The topological polar surface area (TPSA) is 66.8 Å². The summed E-state index contributed by atoms with van der Waals surface area (Å²) in [4.78, 5) is 7.24. The Bertz CT molecular complexity index is 1050. The summed E-state index contributed by atoms with van der Waals surface area (Å²) in [7, 11) is 1.53. The van der Waals surface area contributed by atoms with Crippen molar-refractivity contribution in [2.75, 3.05) is 13.7 Å². The van der Waals surface area contributed by atoms with Crippen molar-refractivity contribution in [3.8, 4) is 5.75 Å². The molecule has 1 aromatic carbocycles. The highest BCUT2D eigenvalue weighted by atomic mass is 35.5. The predicted molar refractivity (Wildman–Crippen MR) is 116 cm³/mol. The van der Waals surface area contributed by atoms with E-state index in [4.69, 9.17) is 21.1 Å². The van der Waals surface area contributed by atoms with Gasteiger partial charge in [0.05, 0.1) is 6.61 Å². The first-order valence-electron chi connectivity index (χ1n) is 10.4. The number of hydrogen-bond donors (Lipinski definition) is 2. The SMILES string of the molecule is COC1Cc2[nH]c(CC(O)(CC(C)(C)c3cc(Cl)cc4c3OCC4)C(F)(F)F)cc2C=N1. The van der Waals surface area contributed by atoms with Gasteiger partial charge in [0.25, 0.3) is 0 Å². The van der Waals surface area contributed by atoms with Crippen LogP contribution in [0.1, 0.15) is 48.3 Å². The zero-order valence-corrected chi connectivity index (χ0v) is 18.9. The molecule has 4 rings (SSSR count). The summed E-state index contributed by atoms with van der Waals surface area (Å²) in [6.07, 6.45) is -3.72. The smallest absolute Gasteiger partial charge is 0.417 e. The van der Waals surface area contributed by atoms with Crippen LogP contribution in [-0.2, 0) is 29.4 Å². The van der Waals surface area contributed by atoms with Crippen LogP contribution in [0.5, 0.6) is 5.75 Å². The lowest BCUT2D eigenvalue weighted by Crippen LogP contribution is -2.51. The Kier molecular flexibility index (Phi) is 5.84. The number of halogens is 4. The lowest BCUT2D eigenvalue weighted by atomic mass is 9.73. The van der Waals surface area contributed by atoms with E-state index in [0.717, 1.165) is 11.3 Å². The summed E-state index contributed by atoms with van der Waals surface area (Å²) in [5, 5.41) is 11.4. The second-order valence-electron chi connectivity index (χ2n) is 9.21. The number of ether oxygens (including phenoxy) is 2.